The summed E-state index contributed by atoms with van der Waals surface area (Å²) < 4.78 is 10.1. The van der Waals surface area contributed by atoms with E-state index in [0.717, 1.165) is 0 Å². The average molecular weight is 311 g/mol. The third-order valence-electron chi connectivity index (χ3n) is 2.62. The number of carbonyl (C=O) groups is 1. The van der Waals surface area contributed by atoms with Crippen molar-refractivity contribution in [1.29, 1.82) is 0 Å². The van der Waals surface area contributed by atoms with Crippen LogP contribution in [0.15, 0.2) is 4.52 Å². The minimum absolute atomic E-state index is 0.221. The molecule has 0 unspecified atom stereocenters. The molecule has 0 bridgehead atoms. The third kappa shape index (κ3) is 3.24. The van der Waals surface area contributed by atoms with Crippen molar-refractivity contribution >= 4 is 27.9 Å². The number of aromatic nitrogens is 2. The lowest BCUT2D eigenvalue weighted by Crippen LogP contribution is -2.22. The largest absolute Gasteiger partial charge is 0.492 e. The van der Waals surface area contributed by atoms with Crippen LogP contribution in [-0.2, 0) is 6.54 Å². The van der Waals surface area contributed by atoms with Crippen LogP contribution in [0.5, 0.6) is 5.75 Å². The first-order valence-electron chi connectivity index (χ1n) is 6.34. The molecule has 0 aromatic carbocycles. The van der Waals surface area contributed by atoms with Crippen LogP contribution < -0.4 is 21.1 Å². The van der Waals surface area contributed by atoms with Gasteiger partial charge in [-0.2, -0.15) is 4.98 Å². The first-order valence-corrected chi connectivity index (χ1v) is 7.16. The fourth-order valence-electron chi connectivity index (χ4n) is 1.73. The average Bonchev–Trinajstić information content (AvgIpc) is 3.00. The number of nitrogen functional groups attached to an aromatic ring is 1. The minimum Gasteiger partial charge on any atom is -0.492 e. The van der Waals surface area contributed by atoms with Crippen molar-refractivity contribution in [2.75, 3.05) is 24.7 Å². The molecule has 0 fully saturated rings. The van der Waals surface area contributed by atoms with Gasteiger partial charge in [0.2, 0.25) is 5.89 Å². The van der Waals surface area contributed by atoms with E-state index in [0.29, 0.717) is 46.1 Å². The molecule has 1 amide bonds. The second-order valence-corrected chi connectivity index (χ2v) is 5.17. The molecule has 0 aliphatic rings. The number of rotatable bonds is 6. The van der Waals surface area contributed by atoms with Gasteiger partial charge in [-0.3, -0.25) is 4.79 Å². The number of carbonyl (C=O) groups excluding carboxylic acids is 1. The van der Waals surface area contributed by atoms with E-state index >= 15 is 0 Å². The fourth-order valence-corrected chi connectivity index (χ4v) is 2.73. The molecule has 21 heavy (non-hydrogen) atoms. The van der Waals surface area contributed by atoms with Gasteiger partial charge < -0.3 is 25.6 Å². The molecule has 4 N–H and O–H groups in total. The first-order chi connectivity index (χ1) is 10.1. The lowest BCUT2D eigenvalue weighted by molar-refractivity contribution is 0.0960. The number of thiophene rings is 1. The van der Waals surface area contributed by atoms with Crippen molar-refractivity contribution in [2.24, 2.45) is 0 Å². The molecule has 9 heteroatoms. The monoisotopic (exact) mass is 311 g/mol. The van der Waals surface area contributed by atoms with Crippen molar-refractivity contribution in [3.63, 3.8) is 0 Å². The van der Waals surface area contributed by atoms with E-state index in [4.69, 9.17) is 15.0 Å². The number of nitrogens with two attached hydrogens (primary N) is 1. The fraction of sp³-hybridized carbons (Fsp3) is 0.417. The van der Waals surface area contributed by atoms with E-state index in [9.17, 15) is 4.79 Å². The third-order valence-corrected chi connectivity index (χ3v) is 3.77. The highest BCUT2D eigenvalue weighted by Crippen LogP contribution is 2.42. The summed E-state index contributed by atoms with van der Waals surface area (Å²) in [4.78, 5) is 16.4. The van der Waals surface area contributed by atoms with Crippen LogP contribution in [0.25, 0.3) is 0 Å². The van der Waals surface area contributed by atoms with Crippen LogP contribution in [-0.4, -0.2) is 29.7 Å². The normalized spacial score (nSPS) is 10.4. The predicted octanol–water partition coefficient (Wildman–Crippen LogP) is 1.39. The molecule has 2 rings (SSSR count). The second kappa shape index (κ2) is 6.44. The van der Waals surface area contributed by atoms with Crippen LogP contribution in [0.3, 0.4) is 0 Å². The Hall–Kier alpha value is -2.29. The molecular weight excluding hydrogens is 294 g/mol. The predicted molar refractivity (Wildman–Crippen MR) is 79.7 cm³/mol. The Morgan fingerprint density at radius 2 is 2.29 bits per heavy atom. The van der Waals surface area contributed by atoms with Crippen molar-refractivity contribution < 1.29 is 14.1 Å². The number of hydrogen-bond donors (Lipinski definition) is 3. The van der Waals surface area contributed by atoms with Crippen molar-refractivity contribution in [2.45, 2.75) is 20.4 Å². The summed E-state index contributed by atoms with van der Waals surface area (Å²) in [6.07, 6.45) is 0. The number of ether oxygens (including phenoxy) is 1. The number of aryl methyl sites for hydroxylation is 1. The summed E-state index contributed by atoms with van der Waals surface area (Å²) >= 11 is 1.23. The smallest absolute Gasteiger partial charge is 0.263 e. The van der Waals surface area contributed by atoms with Crippen molar-refractivity contribution in [3.8, 4) is 5.75 Å². The molecule has 0 aliphatic heterocycles. The number of hydrogen-bond acceptors (Lipinski definition) is 8. The number of anilines is 2. The highest BCUT2D eigenvalue weighted by atomic mass is 32.1. The zero-order valence-corrected chi connectivity index (χ0v) is 12.8. The van der Waals surface area contributed by atoms with Gasteiger partial charge in [-0.15, -0.1) is 11.3 Å². The maximum Gasteiger partial charge on any atom is 0.263 e. The zero-order valence-electron chi connectivity index (χ0n) is 12.0. The lowest BCUT2D eigenvalue weighted by atomic mass is 10.3. The first kappa shape index (κ1) is 15.1. The van der Waals surface area contributed by atoms with Crippen molar-refractivity contribution in [1.82, 2.24) is 15.5 Å². The summed E-state index contributed by atoms with van der Waals surface area (Å²) in [7, 11) is 1.50. The molecule has 114 valence electrons. The summed E-state index contributed by atoms with van der Waals surface area (Å²) in [6.45, 7) is 4.44. The van der Waals surface area contributed by atoms with Gasteiger partial charge in [0.25, 0.3) is 5.91 Å². The Morgan fingerprint density at radius 1 is 1.52 bits per heavy atom. The quantitative estimate of drug-likeness (QED) is 0.738. The van der Waals surface area contributed by atoms with Crippen molar-refractivity contribution in [3.05, 3.63) is 16.6 Å². The maximum atomic E-state index is 11.9. The summed E-state index contributed by atoms with van der Waals surface area (Å²) in [6, 6.07) is 0. The molecule has 2 heterocycles. The summed E-state index contributed by atoms with van der Waals surface area (Å²) in [5.74, 6) is 1.23. The molecule has 8 nitrogen and oxygen atoms in total. The molecule has 0 atom stereocenters. The topological polar surface area (TPSA) is 115 Å². The number of amides is 1. The van der Waals surface area contributed by atoms with Gasteiger partial charge in [0.15, 0.2) is 11.6 Å². The highest BCUT2D eigenvalue weighted by Gasteiger charge is 2.21. The molecule has 0 saturated heterocycles. The Bertz CT molecular complexity index is 637. The maximum absolute atomic E-state index is 11.9. The Kier molecular flexibility index (Phi) is 4.63. The highest BCUT2D eigenvalue weighted by molar-refractivity contribution is 7.19. The van der Waals surface area contributed by atoms with E-state index in [-0.39, 0.29) is 5.91 Å². The van der Waals surface area contributed by atoms with Crippen LogP contribution in [0.1, 0.15) is 28.3 Å². The number of nitrogens with one attached hydrogen (secondary N) is 2. The minimum atomic E-state index is -0.221. The van der Waals surface area contributed by atoms with Gasteiger partial charge in [0.1, 0.15) is 15.6 Å². The molecule has 0 saturated carbocycles. The Labute approximate surface area is 125 Å². The number of methoxy groups -OCH3 is 1. The lowest BCUT2D eigenvalue weighted by Gasteiger charge is -2.04. The van der Waals surface area contributed by atoms with Gasteiger partial charge in [-0.1, -0.05) is 5.16 Å². The standard InChI is InChI=1S/C12H17N5O3S/c1-4-14-11(18)10-8(13)9(19-3)12(21-10)15-5-7-16-6(2)20-17-7/h15H,4-5,13H2,1-3H3,(H,14,18). The van der Waals surface area contributed by atoms with Crippen LogP contribution >= 0.6 is 11.3 Å². The van der Waals surface area contributed by atoms with Gasteiger partial charge in [-0.05, 0) is 6.92 Å². The van der Waals surface area contributed by atoms with Crippen LogP contribution in [0.4, 0.5) is 10.7 Å². The SMILES string of the molecule is CCNC(=O)c1sc(NCc2noc(C)n2)c(OC)c1N. The summed E-state index contributed by atoms with van der Waals surface area (Å²) in [5, 5.41) is 10.2. The Morgan fingerprint density at radius 3 is 2.86 bits per heavy atom. The van der Waals surface area contributed by atoms with E-state index in [1.54, 1.807) is 6.92 Å². The van der Waals surface area contributed by atoms with E-state index in [1.807, 2.05) is 6.92 Å². The second-order valence-electron chi connectivity index (χ2n) is 4.15. The molecule has 0 aliphatic carbocycles. The van der Waals surface area contributed by atoms with Gasteiger partial charge >= 0.3 is 0 Å². The Balaban J connectivity index is 2.18. The molecular formula is C12H17N5O3S. The zero-order chi connectivity index (χ0) is 15.4. The van der Waals surface area contributed by atoms with Gasteiger partial charge in [-0.25, -0.2) is 0 Å². The molecule has 0 radical (unpaired) electrons. The van der Waals surface area contributed by atoms with E-state index < -0.39 is 0 Å². The molecule has 2 aromatic rings. The van der Waals surface area contributed by atoms with E-state index in [2.05, 4.69) is 20.8 Å². The van der Waals surface area contributed by atoms with E-state index in [1.165, 1.54) is 18.4 Å². The van der Waals surface area contributed by atoms with Gasteiger partial charge in [0.05, 0.1) is 13.7 Å². The van der Waals surface area contributed by atoms with Crippen LogP contribution in [0, 0.1) is 6.92 Å². The summed E-state index contributed by atoms with van der Waals surface area (Å²) in [5.41, 5.74) is 6.27. The molecule has 2 aromatic heterocycles. The van der Waals surface area contributed by atoms with Gasteiger partial charge in [0, 0.05) is 13.5 Å². The van der Waals surface area contributed by atoms with Crippen LogP contribution in [0.2, 0.25) is 0 Å². The number of nitrogens with zero attached hydrogens (tertiary/aromatic N) is 2. The molecule has 0 spiro atoms.